The van der Waals surface area contributed by atoms with E-state index in [4.69, 9.17) is 16.3 Å². The molecule has 5 nitrogen and oxygen atoms in total. The molecule has 126 valence electrons. The fraction of sp³-hybridized carbons (Fsp3) is 0.389. The van der Waals surface area contributed by atoms with Gasteiger partial charge in [-0.15, -0.1) is 0 Å². The summed E-state index contributed by atoms with van der Waals surface area (Å²) in [4.78, 5) is 20.4. The Bertz CT molecular complexity index is 737. The molecular formula is C18H20ClN3O2. The molecule has 3 rings (SSSR count). The molecule has 0 aliphatic heterocycles. The van der Waals surface area contributed by atoms with Gasteiger partial charge in [-0.2, -0.15) is 0 Å². The molecular weight excluding hydrogens is 326 g/mol. The van der Waals surface area contributed by atoms with Gasteiger partial charge in [-0.3, -0.25) is 4.79 Å². The van der Waals surface area contributed by atoms with Crippen LogP contribution < -0.4 is 10.1 Å². The number of carbonyl (C=O) groups is 1. The summed E-state index contributed by atoms with van der Waals surface area (Å²) in [5, 5.41) is 3.54. The van der Waals surface area contributed by atoms with Crippen LogP contribution in [0.4, 0.5) is 0 Å². The van der Waals surface area contributed by atoms with Crippen molar-refractivity contribution < 1.29 is 9.53 Å². The lowest BCUT2D eigenvalue weighted by Crippen LogP contribution is -2.28. The Morgan fingerprint density at radius 2 is 1.96 bits per heavy atom. The summed E-state index contributed by atoms with van der Waals surface area (Å²) >= 11 is 6.12. The van der Waals surface area contributed by atoms with Crippen molar-refractivity contribution >= 4 is 17.5 Å². The van der Waals surface area contributed by atoms with E-state index in [2.05, 4.69) is 15.3 Å². The predicted octanol–water partition coefficient (Wildman–Crippen LogP) is 3.32. The molecule has 1 N–H and O–H groups in total. The van der Waals surface area contributed by atoms with E-state index in [1.807, 2.05) is 32.0 Å². The first-order chi connectivity index (χ1) is 11.5. The minimum absolute atomic E-state index is 0.0406. The number of halogens is 1. The number of nitrogens with zero attached hydrogens (tertiary/aromatic N) is 2. The third-order valence-corrected chi connectivity index (χ3v) is 4.58. The van der Waals surface area contributed by atoms with Crippen LogP contribution in [0, 0.1) is 13.8 Å². The molecule has 1 heterocycles. The minimum atomic E-state index is -0.188. The number of hydrogen-bond acceptors (Lipinski definition) is 4. The van der Waals surface area contributed by atoms with Crippen molar-refractivity contribution in [1.29, 1.82) is 0 Å². The third kappa shape index (κ3) is 4.23. The SMILES string of the molecule is Cc1cc(OCC(=O)NCc2cc(C3CC3)ncn2)cc(C)c1Cl. The number of aryl methyl sites for hydroxylation is 2. The largest absolute Gasteiger partial charge is 0.484 e. The molecule has 0 spiro atoms. The monoisotopic (exact) mass is 345 g/mol. The summed E-state index contributed by atoms with van der Waals surface area (Å²) in [6.07, 6.45) is 3.94. The van der Waals surface area contributed by atoms with Crippen LogP contribution >= 0.6 is 11.6 Å². The Labute approximate surface area is 146 Å². The lowest BCUT2D eigenvalue weighted by Gasteiger charge is -2.10. The van der Waals surface area contributed by atoms with Gasteiger partial charge in [0.25, 0.3) is 5.91 Å². The Hall–Kier alpha value is -2.14. The Kier molecular flexibility index (Phi) is 5.00. The van der Waals surface area contributed by atoms with E-state index in [0.29, 0.717) is 18.2 Å². The fourth-order valence-electron chi connectivity index (χ4n) is 2.49. The zero-order valence-corrected chi connectivity index (χ0v) is 14.6. The van der Waals surface area contributed by atoms with Crippen LogP contribution in [0.1, 0.15) is 41.3 Å². The molecule has 0 unspecified atom stereocenters. The van der Waals surface area contributed by atoms with E-state index in [1.165, 1.54) is 12.8 Å². The topological polar surface area (TPSA) is 64.1 Å². The van der Waals surface area contributed by atoms with E-state index in [9.17, 15) is 4.79 Å². The maximum absolute atomic E-state index is 12.0. The quantitative estimate of drug-likeness (QED) is 0.872. The standard InChI is InChI=1S/C18H20ClN3O2/c1-11-5-15(6-12(2)18(11)19)24-9-17(23)20-8-14-7-16(13-3-4-13)22-10-21-14/h5-7,10,13H,3-4,8-9H2,1-2H3,(H,20,23). The van der Waals surface area contributed by atoms with E-state index in [1.54, 1.807) is 6.33 Å². The van der Waals surface area contributed by atoms with Crippen LogP contribution in [-0.2, 0) is 11.3 Å². The molecule has 1 aromatic heterocycles. The van der Waals surface area contributed by atoms with Gasteiger partial charge in [0.05, 0.1) is 12.2 Å². The molecule has 0 bridgehead atoms. The number of aromatic nitrogens is 2. The molecule has 1 fully saturated rings. The lowest BCUT2D eigenvalue weighted by atomic mass is 10.1. The Morgan fingerprint density at radius 1 is 1.25 bits per heavy atom. The molecule has 1 aliphatic rings. The molecule has 0 saturated heterocycles. The highest BCUT2D eigenvalue weighted by molar-refractivity contribution is 6.32. The zero-order valence-electron chi connectivity index (χ0n) is 13.8. The van der Waals surface area contributed by atoms with Crippen LogP contribution in [-0.4, -0.2) is 22.5 Å². The van der Waals surface area contributed by atoms with E-state index >= 15 is 0 Å². The summed E-state index contributed by atoms with van der Waals surface area (Å²) in [7, 11) is 0. The van der Waals surface area contributed by atoms with Gasteiger partial charge in [-0.1, -0.05) is 11.6 Å². The van der Waals surface area contributed by atoms with Gasteiger partial charge in [-0.05, 0) is 56.0 Å². The van der Waals surface area contributed by atoms with Crippen LogP contribution in [0.2, 0.25) is 5.02 Å². The van der Waals surface area contributed by atoms with Crippen molar-refractivity contribution in [3.8, 4) is 5.75 Å². The van der Waals surface area contributed by atoms with Crippen molar-refractivity contribution in [2.75, 3.05) is 6.61 Å². The first-order valence-electron chi connectivity index (χ1n) is 8.00. The molecule has 24 heavy (non-hydrogen) atoms. The Morgan fingerprint density at radius 3 is 2.62 bits per heavy atom. The highest BCUT2D eigenvalue weighted by Gasteiger charge is 2.25. The normalized spacial score (nSPS) is 13.6. The maximum atomic E-state index is 12.0. The van der Waals surface area contributed by atoms with Gasteiger partial charge in [0.1, 0.15) is 12.1 Å². The van der Waals surface area contributed by atoms with E-state index < -0.39 is 0 Å². The third-order valence-electron chi connectivity index (χ3n) is 3.99. The lowest BCUT2D eigenvalue weighted by molar-refractivity contribution is -0.123. The van der Waals surface area contributed by atoms with Gasteiger partial charge in [0, 0.05) is 16.6 Å². The minimum Gasteiger partial charge on any atom is -0.484 e. The summed E-state index contributed by atoms with van der Waals surface area (Å²) in [5.41, 5.74) is 3.75. The van der Waals surface area contributed by atoms with E-state index in [0.717, 1.165) is 27.5 Å². The molecule has 0 radical (unpaired) electrons. The first kappa shape index (κ1) is 16.7. The molecule has 1 aromatic carbocycles. The maximum Gasteiger partial charge on any atom is 0.258 e. The summed E-state index contributed by atoms with van der Waals surface area (Å²) in [6, 6.07) is 5.62. The number of amides is 1. The van der Waals surface area contributed by atoms with Crippen molar-refractivity contribution in [2.24, 2.45) is 0 Å². The van der Waals surface area contributed by atoms with Crippen LogP contribution in [0.15, 0.2) is 24.5 Å². The molecule has 0 atom stereocenters. The second-order valence-corrected chi connectivity index (χ2v) is 6.52. The van der Waals surface area contributed by atoms with Crippen molar-refractivity contribution in [3.05, 3.63) is 52.1 Å². The number of carbonyl (C=O) groups excluding carboxylic acids is 1. The highest BCUT2D eigenvalue weighted by Crippen LogP contribution is 2.38. The molecule has 2 aromatic rings. The first-order valence-corrected chi connectivity index (χ1v) is 8.38. The fourth-order valence-corrected chi connectivity index (χ4v) is 2.60. The number of hydrogen-bond donors (Lipinski definition) is 1. The second kappa shape index (κ2) is 7.18. The van der Waals surface area contributed by atoms with Crippen LogP contribution in [0.25, 0.3) is 0 Å². The molecule has 6 heteroatoms. The van der Waals surface area contributed by atoms with Gasteiger partial charge < -0.3 is 10.1 Å². The van der Waals surface area contributed by atoms with Gasteiger partial charge >= 0.3 is 0 Å². The average Bonchev–Trinajstić information content (AvgIpc) is 3.41. The van der Waals surface area contributed by atoms with Gasteiger partial charge in [-0.25, -0.2) is 9.97 Å². The van der Waals surface area contributed by atoms with Crippen molar-refractivity contribution in [1.82, 2.24) is 15.3 Å². The van der Waals surface area contributed by atoms with Gasteiger partial charge in [0.2, 0.25) is 0 Å². The molecule has 1 aliphatic carbocycles. The van der Waals surface area contributed by atoms with Crippen LogP contribution in [0.5, 0.6) is 5.75 Å². The average molecular weight is 346 g/mol. The molecule has 1 saturated carbocycles. The highest BCUT2D eigenvalue weighted by atomic mass is 35.5. The number of nitrogens with one attached hydrogen (secondary N) is 1. The van der Waals surface area contributed by atoms with Crippen molar-refractivity contribution in [2.45, 2.75) is 39.2 Å². The number of ether oxygens (including phenoxy) is 1. The van der Waals surface area contributed by atoms with E-state index in [-0.39, 0.29) is 12.5 Å². The number of rotatable bonds is 6. The zero-order chi connectivity index (χ0) is 17.1. The molecule has 1 amide bonds. The van der Waals surface area contributed by atoms with Crippen LogP contribution in [0.3, 0.4) is 0 Å². The Balaban J connectivity index is 1.50. The second-order valence-electron chi connectivity index (χ2n) is 6.14. The number of benzene rings is 1. The summed E-state index contributed by atoms with van der Waals surface area (Å²) < 4.78 is 5.54. The summed E-state index contributed by atoms with van der Waals surface area (Å²) in [6.45, 7) is 4.16. The van der Waals surface area contributed by atoms with Crippen molar-refractivity contribution in [3.63, 3.8) is 0 Å². The van der Waals surface area contributed by atoms with Gasteiger partial charge in [0.15, 0.2) is 6.61 Å². The predicted molar refractivity (Wildman–Crippen MR) is 92.3 cm³/mol. The smallest absolute Gasteiger partial charge is 0.258 e. The summed E-state index contributed by atoms with van der Waals surface area (Å²) in [5.74, 6) is 1.02.